The van der Waals surface area contributed by atoms with Crippen molar-refractivity contribution >= 4 is 45.4 Å². The van der Waals surface area contributed by atoms with Crippen molar-refractivity contribution in [2.75, 3.05) is 19.7 Å². The van der Waals surface area contributed by atoms with Gasteiger partial charge in [-0.3, -0.25) is 14.4 Å². The summed E-state index contributed by atoms with van der Waals surface area (Å²) < 4.78 is -0.581. The number of alkyl halides is 1. The van der Waals surface area contributed by atoms with Crippen LogP contribution in [0.25, 0.3) is 0 Å². The van der Waals surface area contributed by atoms with Gasteiger partial charge in [-0.25, -0.2) is 0 Å². The topological polar surface area (TPSA) is 98.7 Å². The van der Waals surface area contributed by atoms with Gasteiger partial charge in [0, 0.05) is 35.8 Å². The number of hydrogen-bond acceptors (Lipinski definition) is 5. The van der Waals surface area contributed by atoms with E-state index in [1.807, 2.05) is 20.8 Å². The maximum atomic E-state index is 13.5. The molecule has 7 nitrogen and oxygen atoms in total. The third-order valence-corrected chi connectivity index (χ3v) is 9.35. The van der Waals surface area contributed by atoms with Gasteiger partial charge in [0.1, 0.15) is 6.04 Å². The van der Waals surface area contributed by atoms with Crippen molar-refractivity contribution in [3.8, 4) is 0 Å². The van der Waals surface area contributed by atoms with Gasteiger partial charge in [-0.15, -0.1) is 11.8 Å². The molecule has 29 heavy (non-hydrogen) atoms. The minimum Gasteiger partial charge on any atom is -0.396 e. The number of aliphatic hydroxyl groups excluding tert-OH is 1. The molecule has 3 rings (SSSR count). The zero-order valence-corrected chi connectivity index (χ0v) is 19.7. The fraction of sp³-hybridized carbons (Fsp3) is 0.850. The van der Waals surface area contributed by atoms with Crippen LogP contribution < -0.4 is 10.6 Å². The molecule has 2 bridgehead atoms. The van der Waals surface area contributed by atoms with Crippen LogP contribution in [-0.2, 0) is 14.4 Å². The second kappa shape index (κ2) is 9.14. The van der Waals surface area contributed by atoms with E-state index < -0.39 is 22.6 Å². The molecule has 0 saturated carbocycles. The third-order valence-electron chi connectivity index (χ3n) is 6.13. The highest BCUT2D eigenvalue weighted by molar-refractivity contribution is 9.09. The van der Waals surface area contributed by atoms with Gasteiger partial charge in [-0.2, -0.15) is 0 Å². The Balaban J connectivity index is 1.95. The lowest BCUT2D eigenvalue weighted by atomic mass is 9.70. The highest BCUT2D eigenvalue weighted by atomic mass is 79.9. The van der Waals surface area contributed by atoms with Crippen molar-refractivity contribution < 1.29 is 19.5 Å². The lowest BCUT2D eigenvalue weighted by molar-refractivity contribution is -0.140. The molecule has 0 aromatic heterocycles. The van der Waals surface area contributed by atoms with Crippen LogP contribution in [0.2, 0.25) is 0 Å². The molecule has 1 spiro atoms. The number of carbonyl (C=O) groups is 3. The molecule has 9 heteroatoms. The minimum absolute atomic E-state index is 0.00486. The number of aliphatic hydroxyl groups is 1. The van der Waals surface area contributed by atoms with Crippen molar-refractivity contribution in [2.45, 2.75) is 73.4 Å². The number of halogens is 1. The Kier molecular flexibility index (Phi) is 7.21. The second-order valence-corrected chi connectivity index (χ2v) is 11.3. The zero-order valence-electron chi connectivity index (χ0n) is 17.3. The predicted octanol–water partition coefficient (Wildman–Crippen LogP) is 1.27. The molecule has 3 aliphatic heterocycles. The molecular formula is C20H32BrN3O4S. The SMILES string of the molecule is CCCNC(=O)[C@H]1[C@@H]2SC3(CC2Br)C(C(=O)NC(C)C)N(CCCCO)C(=O)[C@H]13. The molecule has 3 N–H and O–H groups in total. The summed E-state index contributed by atoms with van der Waals surface area (Å²) in [6, 6.07) is -0.612. The standard InChI is InChI=1S/C20H32BrN3O4S/c1-4-7-22-17(26)13-14-19(28)24(8-5-6-9-25)16(18(27)23-11(2)3)20(14)10-12(21)15(13)29-20/h11-16,25H,4-10H2,1-3H3,(H,22,26)(H,23,27)/t12?,13-,14+,15-,16?,20?/m1/s1. The Morgan fingerprint density at radius 1 is 1.34 bits per heavy atom. The van der Waals surface area contributed by atoms with Gasteiger partial charge < -0.3 is 20.6 Å². The first-order chi connectivity index (χ1) is 13.8. The van der Waals surface area contributed by atoms with E-state index in [9.17, 15) is 14.4 Å². The number of carbonyl (C=O) groups excluding carboxylic acids is 3. The first-order valence-electron chi connectivity index (χ1n) is 10.6. The molecule has 3 unspecified atom stereocenters. The van der Waals surface area contributed by atoms with E-state index in [4.69, 9.17) is 5.11 Å². The van der Waals surface area contributed by atoms with E-state index in [2.05, 4.69) is 26.6 Å². The molecule has 6 atom stereocenters. The monoisotopic (exact) mass is 489 g/mol. The molecule has 3 amide bonds. The summed E-state index contributed by atoms with van der Waals surface area (Å²) in [5.41, 5.74) is 0. The van der Waals surface area contributed by atoms with Crippen LogP contribution in [0, 0.1) is 11.8 Å². The Labute approximate surface area is 185 Å². The van der Waals surface area contributed by atoms with Crippen LogP contribution in [0.15, 0.2) is 0 Å². The summed E-state index contributed by atoms with van der Waals surface area (Å²) in [5.74, 6) is -1.19. The van der Waals surface area contributed by atoms with Gasteiger partial charge in [0.15, 0.2) is 0 Å². The Hall–Kier alpha value is -0.800. The molecule has 0 aromatic rings. The van der Waals surface area contributed by atoms with Gasteiger partial charge in [-0.05, 0) is 39.5 Å². The summed E-state index contributed by atoms with van der Waals surface area (Å²) >= 11 is 5.40. The smallest absolute Gasteiger partial charge is 0.244 e. The first-order valence-corrected chi connectivity index (χ1v) is 12.4. The van der Waals surface area contributed by atoms with Gasteiger partial charge >= 0.3 is 0 Å². The molecule has 164 valence electrons. The number of rotatable bonds is 9. The maximum Gasteiger partial charge on any atom is 0.244 e. The Bertz CT molecular complexity index is 664. The van der Waals surface area contributed by atoms with Crippen LogP contribution >= 0.6 is 27.7 Å². The lowest BCUT2D eigenvalue weighted by Gasteiger charge is -2.35. The zero-order chi connectivity index (χ0) is 21.3. The number of hydrogen-bond donors (Lipinski definition) is 3. The van der Waals surface area contributed by atoms with Crippen molar-refractivity contribution in [1.29, 1.82) is 0 Å². The number of amides is 3. The van der Waals surface area contributed by atoms with Gasteiger partial charge in [0.25, 0.3) is 0 Å². The van der Waals surface area contributed by atoms with Crippen molar-refractivity contribution in [3.05, 3.63) is 0 Å². The quantitative estimate of drug-likeness (QED) is 0.334. The largest absolute Gasteiger partial charge is 0.396 e. The summed E-state index contributed by atoms with van der Waals surface area (Å²) in [6.45, 7) is 6.89. The third kappa shape index (κ3) is 3.94. The van der Waals surface area contributed by atoms with E-state index in [0.29, 0.717) is 32.4 Å². The summed E-state index contributed by atoms with van der Waals surface area (Å²) in [7, 11) is 0. The number of thioether (sulfide) groups is 1. The van der Waals surface area contributed by atoms with Crippen LogP contribution in [-0.4, -0.2) is 74.3 Å². The number of likely N-dealkylation sites (tertiary alicyclic amines) is 1. The lowest BCUT2D eigenvalue weighted by Crippen LogP contribution is -2.55. The number of fused-ring (bicyclic) bond motifs is 1. The average Bonchev–Trinajstić information content (AvgIpc) is 3.23. The molecule has 0 aromatic carbocycles. The minimum atomic E-state index is -0.583. The van der Waals surface area contributed by atoms with E-state index in [1.165, 1.54) is 0 Å². The predicted molar refractivity (Wildman–Crippen MR) is 117 cm³/mol. The van der Waals surface area contributed by atoms with Crippen molar-refractivity contribution in [3.63, 3.8) is 0 Å². The fourth-order valence-electron chi connectivity index (χ4n) is 5.09. The maximum absolute atomic E-state index is 13.5. The van der Waals surface area contributed by atoms with Crippen LogP contribution in [0.5, 0.6) is 0 Å². The van der Waals surface area contributed by atoms with E-state index in [0.717, 1.165) is 6.42 Å². The van der Waals surface area contributed by atoms with Crippen molar-refractivity contribution in [1.82, 2.24) is 15.5 Å². The van der Waals surface area contributed by atoms with Gasteiger partial charge in [0.2, 0.25) is 17.7 Å². The molecule has 0 radical (unpaired) electrons. The molecule has 3 aliphatic rings. The summed E-state index contributed by atoms with van der Waals surface area (Å²) in [5, 5.41) is 15.1. The molecule has 3 fully saturated rings. The Morgan fingerprint density at radius 3 is 2.69 bits per heavy atom. The molecule has 0 aliphatic carbocycles. The van der Waals surface area contributed by atoms with Gasteiger partial charge in [-0.1, -0.05) is 22.9 Å². The second-order valence-electron chi connectivity index (χ2n) is 8.58. The molecule has 3 heterocycles. The highest BCUT2D eigenvalue weighted by Gasteiger charge is 2.75. The first kappa shape index (κ1) is 22.9. The highest BCUT2D eigenvalue weighted by Crippen LogP contribution is 2.67. The fourth-order valence-corrected chi connectivity index (χ4v) is 8.71. The van der Waals surface area contributed by atoms with E-state index >= 15 is 0 Å². The number of nitrogens with one attached hydrogen (secondary N) is 2. The van der Waals surface area contributed by atoms with Crippen LogP contribution in [0.1, 0.15) is 46.5 Å². The summed E-state index contributed by atoms with van der Waals surface area (Å²) in [6.07, 6.45) is 2.75. The van der Waals surface area contributed by atoms with E-state index in [-0.39, 0.29) is 40.4 Å². The number of unbranched alkanes of at least 4 members (excludes halogenated alkanes) is 1. The normalized spacial score (nSPS) is 35.3. The van der Waals surface area contributed by atoms with Crippen LogP contribution in [0.4, 0.5) is 0 Å². The average molecular weight is 490 g/mol. The number of nitrogens with zero attached hydrogens (tertiary/aromatic N) is 1. The molecular weight excluding hydrogens is 458 g/mol. The van der Waals surface area contributed by atoms with Crippen LogP contribution in [0.3, 0.4) is 0 Å². The molecule has 3 saturated heterocycles. The summed E-state index contributed by atoms with van der Waals surface area (Å²) in [4.78, 5) is 41.6. The Morgan fingerprint density at radius 2 is 2.07 bits per heavy atom. The van der Waals surface area contributed by atoms with E-state index in [1.54, 1.807) is 16.7 Å². The van der Waals surface area contributed by atoms with Crippen molar-refractivity contribution in [2.24, 2.45) is 11.8 Å². The van der Waals surface area contributed by atoms with Gasteiger partial charge in [0.05, 0.1) is 16.6 Å².